The molecular formula is C43H28. The topological polar surface area (TPSA) is 0 Å². The molecule has 0 bridgehead atoms. The predicted octanol–water partition coefficient (Wildman–Crippen LogP) is 12.2. The molecule has 9 aromatic rings. The van der Waals surface area contributed by atoms with Gasteiger partial charge in [0.15, 0.2) is 0 Å². The fraction of sp³-hybridized carbons (Fsp3) is 0.0233. The number of hydrogen-bond acceptors (Lipinski definition) is 0. The number of hydrogen-bond donors (Lipinski definition) is 0. The standard InChI is InChI=1S/C43H28/c1-27-32-14-5-4-13-30(32)26-41-33(27)23-24-35-34(41)19-10-20-36(35)43-39-17-8-6-15-37(39)42(38-16-7-9-18-40(38)43)31-22-21-28-11-2-3-12-29(28)25-31/h2-26H,1H3. The van der Waals surface area contributed by atoms with Gasteiger partial charge in [0.25, 0.3) is 0 Å². The van der Waals surface area contributed by atoms with Crippen molar-refractivity contribution in [3.05, 3.63) is 157 Å². The summed E-state index contributed by atoms with van der Waals surface area (Å²) in [5.74, 6) is 0. The molecule has 0 saturated carbocycles. The number of aryl methyl sites for hydroxylation is 1. The summed E-state index contributed by atoms with van der Waals surface area (Å²) in [6.07, 6.45) is 0. The smallest absolute Gasteiger partial charge is 0.00201 e. The Balaban J connectivity index is 1.40. The highest BCUT2D eigenvalue weighted by molar-refractivity contribution is 6.25. The van der Waals surface area contributed by atoms with Crippen molar-refractivity contribution >= 4 is 64.6 Å². The molecule has 0 aliphatic rings. The Bertz CT molecular complexity index is 2510. The van der Waals surface area contributed by atoms with Crippen LogP contribution in [0.25, 0.3) is 86.9 Å². The predicted molar refractivity (Wildman–Crippen MR) is 187 cm³/mol. The van der Waals surface area contributed by atoms with Gasteiger partial charge in [0.05, 0.1) is 0 Å². The van der Waals surface area contributed by atoms with Crippen molar-refractivity contribution in [2.75, 3.05) is 0 Å². The summed E-state index contributed by atoms with van der Waals surface area (Å²) in [5.41, 5.74) is 6.48. The SMILES string of the molecule is Cc1c2ccccc2cc2c1ccc1c(-c3c4ccccc4c(-c4ccc5ccccc5c4)c4ccccc34)cccc12. The van der Waals surface area contributed by atoms with Gasteiger partial charge in [-0.3, -0.25) is 0 Å². The van der Waals surface area contributed by atoms with Gasteiger partial charge in [-0.1, -0.05) is 140 Å². The molecule has 0 aliphatic heterocycles. The molecule has 0 fully saturated rings. The van der Waals surface area contributed by atoms with Gasteiger partial charge in [0, 0.05) is 0 Å². The van der Waals surface area contributed by atoms with Crippen molar-refractivity contribution in [3.63, 3.8) is 0 Å². The summed E-state index contributed by atoms with van der Waals surface area (Å²) in [6.45, 7) is 2.26. The zero-order valence-electron chi connectivity index (χ0n) is 23.9. The van der Waals surface area contributed by atoms with Crippen LogP contribution >= 0.6 is 0 Å². The van der Waals surface area contributed by atoms with Crippen LogP contribution in [0, 0.1) is 6.92 Å². The minimum absolute atomic E-state index is 1.25. The summed E-state index contributed by atoms with van der Waals surface area (Å²) in [5, 5.41) is 15.5. The lowest BCUT2D eigenvalue weighted by molar-refractivity contribution is 1.59. The van der Waals surface area contributed by atoms with Crippen LogP contribution in [0.15, 0.2) is 152 Å². The van der Waals surface area contributed by atoms with Crippen molar-refractivity contribution in [3.8, 4) is 22.3 Å². The van der Waals surface area contributed by atoms with E-state index in [2.05, 4.69) is 159 Å². The van der Waals surface area contributed by atoms with Crippen LogP contribution in [0.1, 0.15) is 5.56 Å². The second kappa shape index (κ2) is 9.28. The van der Waals surface area contributed by atoms with Crippen molar-refractivity contribution < 1.29 is 0 Å². The minimum Gasteiger partial charge on any atom is -0.0616 e. The lowest BCUT2D eigenvalue weighted by Gasteiger charge is -2.19. The highest BCUT2D eigenvalue weighted by atomic mass is 14.2. The van der Waals surface area contributed by atoms with Gasteiger partial charge < -0.3 is 0 Å². The van der Waals surface area contributed by atoms with E-state index in [9.17, 15) is 0 Å². The molecule has 9 aromatic carbocycles. The quantitative estimate of drug-likeness (QED) is 0.150. The van der Waals surface area contributed by atoms with Gasteiger partial charge in [-0.15, -0.1) is 0 Å². The summed E-state index contributed by atoms with van der Waals surface area (Å²) >= 11 is 0. The van der Waals surface area contributed by atoms with E-state index in [0.29, 0.717) is 0 Å². The van der Waals surface area contributed by atoms with E-state index in [1.807, 2.05) is 0 Å². The number of fused-ring (bicyclic) bond motifs is 7. The Morgan fingerprint density at radius 2 is 0.860 bits per heavy atom. The van der Waals surface area contributed by atoms with E-state index in [1.54, 1.807) is 0 Å². The van der Waals surface area contributed by atoms with Gasteiger partial charge in [0.1, 0.15) is 0 Å². The monoisotopic (exact) mass is 544 g/mol. The lowest BCUT2D eigenvalue weighted by Crippen LogP contribution is -1.92. The molecule has 0 N–H and O–H groups in total. The van der Waals surface area contributed by atoms with E-state index in [1.165, 1.54) is 92.5 Å². The minimum atomic E-state index is 1.25. The molecule has 0 radical (unpaired) electrons. The van der Waals surface area contributed by atoms with Crippen LogP contribution in [0.2, 0.25) is 0 Å². The lowest BCUT2D eigenvalue weighted by atomic mass is 9.84. The molecule has 0 spiro atoms. The first-order valence-electron chi connectivity index (χ1n) is 15.0. The highest BCUT2D eigenvalue weighted by Gasteiger charge is 2.19. The third-order valence-electron chi connectivity index (χ3n) is 9.41. The summed E-state index contributed by atoms with van der Waals surface area (Å²) in [6, 6.07) is 56.1. The molecule has 0 nitrogen and oxygen atoms in total. The normalized spacial score (nSPS) is 11.8. The zero-order valence-corrected chi connectivity index (χ0v) is 23.9. The third kappa shape index (κ3) is 3.57. The third-order valence-corrected chi connectivity index (χ3v) is 9.41. The Kier molecular flexibility index (Phi) is 5.21. The molecule has 0 saturated heterocycles. The molecule has 9 rings (SSSR count). The van der Waals surface area contributed by atoms with Crippen molar-refractivity contribution in [1.29, 1.82) is 0 Å². The fourth-order valence-electron chi connectivity index (χ4n) is 7.42. The van der Waals surface area contributed by atoms with E-state index in [4.69, 9.17) is 0 Å². The maximum Gasteiger partial charge on any atom is -0.00201 e. The summed E-state index contributed by atoms with van der Waals surface area (Å²) in [4.78, 5) is 0. The Morgan fingerprint density at radius 3 is 1.58 bits per heavy atom. The largest absolute Gasteiger partial charge is 0.0616 e. The van der Waals surface area contributed by atoms with Gasteiger partial charge in [-0.25, -0.2) is 0 Å². The van der Waals surface area contributed by atoms with Gasteiger partial charge >= 0.3 is 0 Å². The van der Waals surface area contributed by atoms with Crippen LogP contribution in [-0.4, -0.2) is 0 Å². The second-order valence-electron chi connectivity index (χ2n) is 11.7. The second-order valence-corrected chi connectivity index (χ2v) is 11.7. The first-order chi connectivity index (χ1) is 21.3. The molecular weight excluding hydrogens is 516 g/mol. The summed E-state index contributed by atoms with van der Waals surface area (Å²) in [7, 11) is 0. The molecule has 0 aromatic heterocycles. The van der Waals surface area contributed by atoms with Crippen molar-refractivity contribution in [1.82, 2.24) is 0 Å². The van der Waals surface area contributed by atoms with Gasteiger partial charge in [0.2, 0.25) is 0 Å². The molecule has 0 atom stereocenters. The van der Waals surface area contributed by atoms with Crippen molar-refractivity contribution in [2.24, 2.45) is 0 Å². The van der Waals surface area contributed by atoms with Crippen LogP contribution < -0.4 is 0 Å². The Labute approximate surface area is 250 Å². The fourth-order valence-corrected chi connectivity index (χ4v) is 7.42. The van der Waals surface area contributed by atoms with E-state index in [-0.39, 0.29) is 0 Å². The molecule has 0 heteroatoms. The molecule has 0 amide bonds. The van der Waals surface area contributed by atoms with Crippen LogP contribution in [-0.2, 0) is 0 Å². The summed E-state index contributed by atoms with van der Waals surface area (Å²) < 4.78 is 0. The molecule has 0 unspecified atom stereocenters. The molecule has 0 heterocycles. The first kappa shape index (κ1) is 24.2. The maximum atomic E-state index is 2.38. The van der Waals surface area contributed by atoms with Crippen LogP contribution in [0.4, 0.5) is 0 Å². The average molecular weight is 545 g/mol. The number of rotatable bonds is 2. The first-order valence-corrected chi connectivity index (χ1v) is 15.0. The number of benzene rings is 9. The average Bonchev–Trinajstić information content (AvgIpc) is 3.07. The van der Waals surface area contributed by atoms with E-state index >= 15 is 0 Å². The van der Waals surface area contributed by atoms with E-state index in [0.717, 1.165) is 0 Å². The zero-order chi connectivity index (χ0) is 28.5. The molecule has 0 aliphatic carbocycles. The maximum absolute atomic E-state index is 2.38. The molecule has 43 heavy (non-hydrogen) atoms. The van der Waals surface area contributed by atoms with Crippen molar-refractivity contribution in [2.45, 2.75) is 6.92 Å². The van der Waals surface area contributed by atoms with Gasteiger partial charge in [-0.2, -0.15) is 0 Å². The highest BCUT2D eigenvalue weighted by Crippen LogP contribution is 2.46. The van der Waals surface area contributed by atoms with Crippen LogP contribution in [0.3, 0.4) is 0 Å². The van der Waals surface area contributed by atoms with Gasteiger partial charge in [-0.05, 0) is 112 Å². The van der Waals surface area contributed by atoms with E-state index < -0.39 is 0 Å². The molecule has 200 valence electrons. The van der Waals surface area contributed by atoms with Crippen LogP contribution in [0.5, 0.6) is 0 Å². The Morgan fingerprint density at radius 1 is 0.302 bits per heavy atom. The Hall–Kier alpha value is -5.46.